The molecule has 1 saturated heterocycles. The van der Waals surface area contributed by atoms with Gasteiger partial charge in [0.2, 0.25) is 0 Å². The lowest BCUT2D eigenvalue weighted by atomic mass is 10.0. The largest absolute Gasteiger partial charge is 0.398 e. The van der Waals surface area contributed by atoms with E-state index in [0.717, 1.165) is 23.7 Å². The fourth-order valence-corrected chi connectivity index (χ4v) is 2.53. The number of aromatic nitrogens is 1. The van der Waals surface area contributed by atoms with Gasteiger partial charge < -0.3 is 16.2 Å². The third-order valence-corrected chi connectivity index (χ3v) is 3.51. The number of nitrogen functional groups attached to an aromatic ring is 1. The Kier molecular flexibility index (Phi) is 3.45. The molecule has 82 valence electrons. The van der Waals surface area contributed by atoms with Crippen LogP contribution >= 0.6 is 11.8 Å². The molecule has 2 unspecified atom stereocenters. The van der Waals surface area contributed by atoms with E-state index < -0.39 is 0 Å². The summed E-state index contributed by atoms with van der Waals surface area (Å²) < 4.78 is 5.62. The van der Waals surface area contributed by atoms with Gasteiger partial charge in [0.05, 0.1) is 18.8 Å². The third-order valence-electron chi connectivity index (χ3n) is 2.49. The quantitative estimate of drug-likeness (QED) is 0.778. The molecular weight excluding hydrogens is 210 g/mol. The summed E-state index contributed by atoms with van der Waals surface area (Å²) in [7, 11) is 0. The second-order valence-electron chi connectivity index (χ2n) is 3.51. The minimum absolute atomic E-state index is 0.0512. The highest BCUT2D eigenvalue weighted by Crippen LogP contribution is 2.26. The second-order valence-corrected chi connectivity index (χ2v) is 4.66. The lowest BCUT2D eigenvalue weighted by Gasteiger charge is -2.28. The first-order valence-corrected chi connectivity index (χ1v) is 6.09. The average molecular weight is 225 g/mol. The maximum atomic E-state index is 6.11. The summed E-state index contributed by atoms with van der Waals surface area (Å²) >= 11 is 1.87. The highest BCUT2D eigenvalue weighted by atomic mass is 32.2. The molecule has 1 aliphatic rings. The van der Waals surface area contributed by atoms with Crippen LogP contribution in [0, 0.1) is 0 Å². The van der Waals surface area contributed by atoms with Gasteiger partial charge in [-0.15, -0.1) is 0 Å². The lowest BCUT2D eigenvalue weighted by Crippen LogP contribution is -2.35. The van der Waals surface area contributed by atoms with Gasteiger partial charge in [-0.2, -0.15) is 11.8 Å². The molecule has 0 radical (unpaired) electrons. The Balaban J connectivity index is 2.12. The van der Waals surface area contributed by atoms with Crippen molar-refractivity contribution in [1.29, 1.82) is 0 Å². The van der Waals surface area contributed by atoms with Crippen LogP contribution in [0.4, 0.5) is 5.69 Å². The third kappa shape index (κ3) is 2.42. The normalized spacial score (nSPS) is 23.7. The zero-order valence-electron chi connectivity index (χ0n) is 8.43. The molecule has 0 aromatic carbocycles. The molecule has 0 bridgehead atoms. The maximum Gasteiger partial charge on any atom is 0.0859 e. The molecule has 5 heteroatoms. The molecule has 0 aliphatic carbocycles. The number of hydrogen-bond acceptors (Lipinski definition) is 5. The van der Waals surface area contributed by atoms with Crippen LogP contribution in [0.25, 0.3) is 0 Å². The molecule has 0 amide bonds. The van der Waals surface area contributed by atoms with Gasteiger partial charge in [-0.05, 0) is 6.07 Å². The van der Waals surface area contributed by atoms with Crippen molar-refractivity contribution >= 4 is 17.4 Å². The molecule has 2 heterocycles. The molecule has 4 nitrogen and oxygen atoms in total. The summed E-state index contributed by atoms with van der Waals surface area (Å²) in [6.07, 6.45) is 3.44. The summed E-state index contributed by atoms with van der Waals surface area (Å²) in [4.78, 5) is 4.04. The fraction of sp³-hybridized carbons (Fsp3) is 0.500. The van der Waals surface area contributed by atoms with Crippen LogP contribution in [0.2, 0.25) is 0 Å². The van der Waals surface area contributed by atoms with Gasteiger partial charge in [0, 0.05) is 35.2 Å². The summed E-state index contributed by atoms with van der Waals surface area (Å²) in [5.74, 6) is 1.97. The molecule has 0 spiro atoms. The predicted octanol–water partition coefficient (Wildman–Crippen LogP) is 0.796. The van der Waals surface area contributed by atoms with Crippen LogP contribution < -0.4 is 11.5 Å². The highest BCUT2D eigenvalue weighted by Gasteiger charge is 2.24. The number of nitrogens with zero attached hydrogens (tertiary/aromatic N) is 1. The molecule has 0 saturated carbocycles. The van der Waals surface area contributed by atoms with Crippen molar-refractivity contribution < 1.29 is 4.74 Å². The average Bonchev–Trinajstić information content (AvgIpc) is 2.30. The number of thioether (sulfide) groups is 1. The zero-order valence-corrected chi connectivity index (χ0v) is 9.24. The summed E-state index contributed by atoms with van der Waals surface area (Å²) in [5, 5.41) is 0. The number of hydrogen-bond donors (Lipinski definition) is 2. The van der Waals surface area contributed by atoms with Crippen LogP contribution in [-0.4, -0.2) is 29.2 Å². The molecular formula is C10H15N3OS. The first-order valence-electron chi connectivity index (χ1n) is 4.93. The predicted molar refractivity (Wildman–Crippen MR) is 62.6 cm³/mol. The van der Waals surface area contributed by atoms with Gasteiger partial charge in [-0.3, -0.25) is 4.98 Å². The Morgan fingerprint density at radius 1 is 1.60 bits per heavy atom. The highest BCUT2D eigenvalue weighted by molar-refractivity contribution is 7.99. The van der Waals surface area contributed by atoms with Crippen molar-refractivity contribution in [3.8, 4) is 0 Å². The summed E-state index contributed by atoms with van der Waals surface area (Å²) in [6.45, 7) is 0.767. The van der Waals surface area contributed by atoms with E-state index in [1.54, 1.807) is 18.5 Å². The Labute approximate surface area is 93.4 Å². The van der Waals surface area contributed by atoms with Gasteiger partial charge >= 0.3 is 0 Å². The van der Waals surface area contributed by atoms with E-state index >= 15 is 0 Å². The van der Waals surface area contributed by atoms with E-state index in [-0.39, 0.29) is 12.1 Å². The lowest BCUT2D eigenvalue weighted by molar-refractivity contribution is 0.0570. The number of anilines is 1. The van der Waals surface area contributed by atoms with E-state index in [9.17, 15) is 0 Å². The first-order chi connectivity index (χ1) is 7.29. The molecule has 2 rings (SSSR count). The molecule has 1 aromatic rings. The van der Waals surface area contributed by atoms with Crippen LogP contribution in [-0.2, 0) is 4.74 Å². The Morgan fingerprint density at radius 2 is 2.47 bits per heavy atom. The molecule has 2 atom stereocenters. The Bertz CT molecular complexity index is 328. The molecule has 1 aliphatic heterocycles. The van der Waals surface area contributed by atoms with Crippen molar-refractivity contribution in [3.63, 3.8) is 0 Å². The van der Waals surface area contributed by atoms with Gasteiger partial charge in [-0.1, -0.05) is 0 Å². The van der Waals surface area contributed by atoms with Crippen molar-refractivity contribution in [3.05, 3.63) is 24.0 Å². The van der Waals surface area contributed by atoms with Gasteiger partial charge in [0.1, 0.15) is 0 Å². The molecule has 1 aromatic heterocycles. The van der Waals surface area contributed by atoms with Crippen molar-refractivity contribution in [2.24, 2.45) is 5.73 Å². The number of nitrogens with two attached hydrogens (primary N) is 2. The number of rotatable bonds is 2. The van der Waals surface area contributed by atoms with Crippen LogP contribution in [0.15, 0.2) is 18.5 Å². The first kappa shape index (κ1) is 10.7. The molecule has 1 fully saturated rings. The second kappa shape index (κ2) is 4.83. The Hall–Kier alpha value is -0.780. The zero-order chi connectivity index (χ0) is 10.7. The van der Waals surface area contributed by atoms with Crippen molar-refractivity contribution in [2.75, 3.05) is 23.8 Å². The molecule has 4 N–H and O–H groups in total. The SMILES string of the molecule is Nc1ccncc1C(N)C1CSCCO1. The van der Waals surface area contributed by atoms with E-state index in [1.165, 1.54) is 0 Å². The van der Waals surface area contributed by atoms with Crippen LogP contribution in [0.5, 0.6) is 0 Å². The van der Waals surface area contributed by atoms with Crippen LogP contribution in [0.1, 0.15) is 11.6 Å². The number of pyridine rings is 1. The van der Waals surface area contributed by atoms with Crippen molar-refractivity contribution in [2.45, 2.75) is 12.1 Å². The van der Waals surface area contributed by atoms with Gasteiger partial charge in [0.15, 0.2) is 0 Å². The van der Waals surface area contributed by atoms with Gasteiger partial charge in [0.25, 0.3) is 0 Å². The minimum atomic E-state index is -0.175. The van der Waals surface area contributed by atoms with Gasteiger partial charge in [-0.25, -0.2) is 0 Å². The molecule has 15 heavy (non-hydrogen) atoms. The topological polar surface area (TPSA) is 74.2 Å². The van der Waals surface area contributed by atoms with Crippen molar-refractivity contribution in [1.82, 2.24) is 4.98 Å². The Morgan fingerprint density at radius 3 is 3.13 bits per heavy atom. The fourth-order valence-electron chi connectivity index (χ4n) is 1.61. The van der Waals surface area contributed by atoms with E-state index in [4.69, 9.17) is 16.2 Å². The standard InChI is InChI=1S/C10H15N3OS/c11-8-1-2-13-5-7(8)10(12)9-6-15-4-3-14-9/h1-2,5,9-10H,3-4,6,12H2,(H2,11,13). The maximum absolute atomic E-state index is 6.11. The number of ether oxygens (including phenoxy) is 1. The smallest absolute Gasteiger partial charge is 0.0859 e. The van der Waals surface area contributed by atoms with E-state index in [2.05, 4.69) is 4.98 Å². The van der Waals surface area contributed by atoms with E-state index in [0.29, 0.717) is 5.69 Å². The van der Waals surface area contributed by atoms with Crippen LogP contribution in [0.3, 0.4) is 0 Å². The van der Waals surface area contributed by atoms with E-state index in [1.807, 2.05) is 11.8 Å². The summed E-state index contributed by atoms with van der Waals surface area (Å²) in [5.41, 5.74) is 13.5. The minimum Gasteiger partial charge on any atom is -0.398 e. The monoisotopic (exact) mass is 225 g/mol. The summed E-state index contributed by atoms with van der Waals surface area (Å²) in [6, 6.07) is 1.59.